The zero-order chi connectivity index (χ0) is 26.7. The number of methoxy groups -OCH3 is 1. The van der Waals surface area contributed by atoms with E-state index in [0.29, 0.717) is 16.8 Å². The second kappa shape index (κ2) is 10.4. The van der Waals surface area contributed by atoms with Crippen molar-refractivity contribution in [2.24, 2.45) is 0 Å². The smallest absolute Gasteiger partial charge is 0.462 e. The molecule has 8 heteroatoms. The van der Waals surface area contributed by atoms with Gasteiger partial charge in [-0.05, 0) is 64.4 Å². The number of esters is 1. The highest BCUT2D eigenvalue weighted by molar-refractivity contribution is 6.38. The number of aryl methyl sites for hydroxylation is 1. The molecule has 1 amide bonds. The molecule has 0 aliphatic rings. The molecular weight excluding hydrogens is 471 g/mol. The zero-order valence-electron chi connectivity index (χ0n) is 20.8. The van der Waals surface area contributed by atoms with Gasteiger partial charge in [0.05, 0.1) is 13.7 Å². The van der Waals surface area contributed by atoms with Crippen LogP contribution in [0, 0.1) is 6.92 Å². The van der Waals surface area contributed by atoms with Crippen LogP contribution in [-0.2, 0) is 26.3 Å². The maximum atomic E-state index is 12.9. The van der Waals surface area contributed by atoms with E-state index in [1.54, 1.807) is 18.2 Å². The topological polar surface area (TPSA) is 55.8 Å². The quantitative estimate of drug-likeness (QED) is 0.295. The van der Waals surface area contributed by atoms with Crippen molar-refractivity contribution in [1.82, 2.24) is 0 Å². The van der Waals surface area contributed by atoms with Crippen molar-refractivity contribution in [1.29, 1.82) is 0 Å². The van der Waals surface area contributed by atoms with E-state index >= 15 is 0 Å². The second-order valence-electron chi connectivity index (χ2n) is 9.40. The third kappa shape index (κ3) is 6.65. The number of benzene rings is 3. The van der Waals surface area contributed by atoms with Crippen LogP contribution in [0.2, 0.25) is 0 Å². The number of hydrogen-bond donors (Lipinski definition) is 0. The molecule has 0 saturated heterocycles. The van der Waals surface area contributed by atoms with Crippen LogP contribution in [0.4, 0.5) is 18.9 Å². The number of carbonyl (C=O) groups excluding carboxylic acids is 2. The fourth-order valence-electron chi connectivity index (χ4n) is 3.70. The Hall–Kier alpha value is -3.81. The first-order valence-corrected chi connectivity index (χ1v) is 11.2. The Morgan fingerprint density at radius 1 is 0.889 bits per heavy atom. The van der Waals surface area contributed by atoms with Gasteiger partial charge in [-0.2, -0.15) is 0 Å². The molecule has 0 radical (unpaired) electrons. The molecule has 3 aromatic carbocycles. The minimum absolute atomic E-state index is 0.0351. The van der Waals surface area contributed by atoms with E-state index in [2.05, 4.69) is 30.2 Å². The van der Waals surface area contributed by atoms with Crippen LogP contribution >= 0.6 is 0 Å². The summed E-state index contributed by atoms with van der Waals surface area (Å²) in [6.45, 7) is 8.27. The Kier molecular flexibility index (Phi) is 7.77. The summed E-state index contributed by atoms with van der Waals surface area (Å²) in [5, 5.41) is 0. The molecule has 0 heterocycles. The van der Waals surface area contributed by atoms with Crippen LogP contribution in [0.15, 0.2) is 66.7 Å². The summed E-state index contributed by atoms with van der Waals surface area (Å²) in [5.41, 5.74) is 4.51. The van der Waals surface area contributed by atoms with Crippen molar-refractivity contribution in [3.63, 3.8) is 0 Å². The van der Waals surface area contributed by atoms with E-state index in [1.165, 1.54) is 29.2 Å². The Morgan fingerprint density at radius 2 is 1.50 bits per heavy atom. The van der Waals surface area contributed by atoms with E-state index in [-0.39, 0.29) is 17.7 Å². The lowest BCUT2D eigenvalue weighted by Crippen LogP contribution is -2.37. The van der Waals surface area contributed by atoms with Gasteiger partial charge in [0.1, 0.15) is 5.75 Å². The van der Waals surface area contributed by atoms with Gasteiger partial charge in [-0.15, -0.1) is 13.2 Å². The van der Waals surface area contributed by atoms with E-state index < -0.39 is 18.2 Å². The number of alkyl halides is 3. The summed E-state index contributed by atoms with van der Waals surface area (Å²) >= 11 is 0. The van der Waals surface area contributed by atoms with E-state index in [4.69, 9.17) is 0 Å². The molecule has 0 bridgehead atoms. The van der Waals surface area contributed by atoms with Crippen LogP contribution < -0.4 is 9.64 Å². The molecule has 0 aromatic heterocycles. The van der Waals surface area contributed by atoms with Gasteiger partial charge in [0, 0.05) is 5.69 Å². The molecule has 0 saturated carbocycles. The molecule has 0 aliphatic carbocycles. The van der Waals surface area contributed by atoms with Crippen molar-refractivity contribution in [3.8, 4) is 16.9 Å². The number of rotatable bonds is 5. The molecule has 0 unspecified atom stereocenters. The van der Waals surface area contributed by atoms with Crippen molar-refractivity contribution in [2.75, 3.05) is 12.0 Å². The predicted octanol–water partition coefficient (Wildman–Crippen LogP) is 6.56. The highest BCUT2D eigenvalue weighted by Gasteiger charge is 2.31. The molecular formula is C28H28F3NO4. The molecule has 36 heavy (non-hydrogen) atoms. The average Bonchev–Trinajstić information content (AvgIpc) is 2.81. The van der Waals surface area contributed by atoms with Gasteiger partial charge in [-0.1, -0.05) is 63.2 Å². The Bertz CT molecular complexity index is 1230. The maximum Gasteiger partial charge on any atom is 0.573 e. The molecule has 3 rings (SSSR count). The minimum atomic E-state index is -4.78. The third-order valence-electron chi connectivity index (χ3n) is 5.70. The summed E-state index contributed by atoms with van der Waals surface area (Å²) in [4.78, 5) is 26.4. The van der Waals surface area contributed by atoms with E-state index in [9.17, 15) is 22.8 Å². The zero-order valence-corrected chi connectivity index (χ0v) is 20.8. The number of hydrogen-bond acceptors (Lipinski definition) is 4. The van der Waals surface area contributed by atoms with Gasteiger partial charge in [-0.25, -0.2) is 4.79 Å². The van der Waals surface area contributed by atoms with E-state index in [1.807, 2.05) is 31.2 Å². The van der Waals surface area contributed by atoms with Gasteiger partial charge in [0.2, 0.25) is 0 Å². The fourth-order valence-corrected chi connectivity index (χ4v) is 3.70. The summed E-state index contributed by atoms with van der Waals surface area (Å²) in [6, 6.07) is 18.5. The maximum absolute atomic E-state index is 12.9. The Balaban J connectivity index is 1.97. The summed E-state index contributed by atoms with van der Waals surface area (Å²) in [6.07, 6.45) is -4.78. The lowest BCUT2D eigenvalue weighted by Gasteiger charge is -2.24. The molecule has 0 spiro atoms. The molecule has 3 aromatic rings. The number of carbonyl (C=O) groups is 2. The molecule has 0 fully saturated rings. The molecule has 190 valence electrons. The highest BCUT2D eigenvalue weighted by atomic mass is 19.4. The van der Waals surface area contributed by atoms with Gasteiger partial charge >= 0.3 is 18.2 Å². The molecule has 5 nitrogen and oxygen atoms in total. The molecule has 0 atom stereocenters. The van der Waals surface area contributed by atoms with Crippen LogP contribution in [0.1, 0.15) is 37.5 Å². The van der Waals surface area contributed by atoms with Gasteiger partial charge in [-0.3, -0.25) is 9.69 Å². The largest absolute Gasteiger partial charge is 0.573 e. The lowest BCUT2D eigenvalue weighted by molar-refractivity contribution is -0.274. The Morgan fingerprint density at radius 3 is 2.03 bits per heavy atom. The normalized spacial score (nSPS) is 11.7. The number of amides is 1. The van der Waals surface area contributed by atoms with Crippen LogP contribution in [0.3, 0.4) is 0 Å². The molecule has 0 N–H and O–H groups in total. The standard InChI is InChI=1S/C28H28F3NO4/c1-18-6-13-22(16-24(18)20-9-14-23(15-10-20)36-28(29,30)31)32(25(33)26(34)35-5)17-19-7-11-21(12-8-19)27(2,3)4/h6-16H,17H2,1-5H3. The first-order valence-electron chi connectivity index (χ1n) is 11.2. The fraction of sp³-hybridized carbons (Fsp3) is 0.286. The number of halogens is 3. The predicted molar refractivity (Wildman–Crippen MR) is 132 cm³/mol. The number of anilines is 1. The highest BCUT2D eigenvalue weighted by Crippen LogP contribution is 2.32. The van der Waals surface area contributed by atoms with Gasteiger partial charge in [0.15, 0.2) is 0 Å². The van der Waals surface area contributed by atoms with Crippen LogP contribution in [0.5, 0.6) is 5.75 Å². The van der Waals surface area contributed by atoms with E-state index in [0.717, 1.165) is 23.8 Å². The van der Waals surface area contributed by atoms with Gasteiger partial charge in [0.25, 0.3) is 0 Å². The second-order valence-corrected chi connectivity index (χ2v) is 9.40. The van der Waals surface area contributed by atoms with Crippen molar-refractivity contribution in [2.45, 2.75) is 46.0 Å². The van der Waals surface area contributed by atoms with Crippen LogP contribution in [-0.4, -0.2) is 25.3 Å². The SMILES string of the molecule is COC(=O)C(=O)N(Cc1ccc(C(C)(C)C)cc1)c1ccc(C)c(-c2ccc(OC(F)(F)F)cc2)c1. The summed E-state index contributed by atoms with van der Waals surface area (Å²) < 4.78 is 46.1. The summed E-state index contributed by atoms with van der Waals surface area (Å²) in [7, 11) is 1.14. The first-order chi connectivity index (χ1) is 16.8. The average molecular weight is 500 g/mol. The number of ether oxygens (including phenoxy) is 2. The molecule has 0 aliphatic heterocycles. The number of nitrogens with zero attached hydrogens (tertiary/aromatic N) is 1. The van der Waals surface area contributed by atoms with Gasteiger partial charge < -0.3 is 9.47 Å². The lowest BCUT2D eigenvalue weighted by atomic mass is 9.87. The minimum Gasteiger partial charge on any atom is -0.462 e. The van der Waals surface area contributed by atoms with Crippen molar-refractivity contribution in [3.05, 3.63) is 83.4 Å². The first kappa shape index (κ1) is 26.8. The summed E-state index contributed by atoms with van der Waals surface area (Å²) in [5.74, 6) is -2.17. The van der Waals surface area contributed by atoms with Crippen LogP contribution in [0.25, 0.3) is 11.1 Å². The Labute approximate surface area is 208 Å². The third-order valence-corrected chi connectivity index (χ3v) is 5.70. The van der Waals surface area contributed by atoms with Crippen molar-refractivity contribution < 1.29 is 32.2 Å². The monoisotopic (exact) mass is 499 g/mol. The van der Waals surface area contributed by atoms with Crippen molar-refractivity contribution >= 4 is 17.6 Å².